The Morgan fingerprint density at radius 3 is 2.62 bits per heavy atom. The highest BCUT2D eigenvalue weighted by Crippen LogP contribution is 2.17. The molecule has 0 spiro atoms. The molecule has 2 aliphatic heterocycles. The number of carbonyl (C=O) groups excluding carboxylic acids is 2. The minimum absolute atomic E-state index is 0.0690. The van der Waals surface area contributed by atoms with Gasteiger partial charge in [0.1, 0.15) is 6.26 Å². The number of piperidine rings is 1. The lowest BCUT2D eigenvalue weighted by Gasteiger charge is -2.38. The van der Waals surface area contributed by atoms with Crippen LogP contribution in [0.5, 0.6) is 0 Å². The fourth-order valence-electron chi connectivity index (χ4n) is 3.50. The maximum absolute atomic E-state index is 12.5. The van der Waals surface area contributed by atoms with Crippen LogP contribution in [0.3, 0.4) is 0 Å². The number of nitrogens with zero attached hydrogens (tertiary/aromatic N) is 4. The first-order valence-electron chi connectivity index (χ1n) is 8.82. The Balaban J connectivity index is 1.43. The summed E-state index contributed by atoms with van der Waals surface area (Å²) in [6.07, 6.45) is 5.20. The molecule has 0 N–H and O–H groups in total. The molecular weight excluding hydrogens is 308 g/mol. The van der Waals surface area contributed by atoms with E-state index >= 15 is 0 Å². The molecule has 0 saturated carbocycles. The summed E-state index contributed by atoms with van der Waals surface area (Å²) in [5.74, 6) is 0.295. The molecular formula is C17H26N4O3. The van der Waals surface area contributed by atoms with Crippen molar-refractivity contribution in [2.75, 3.05) is 39.3 Å². The number of rotatable bonds is 4. The summed E-state index contributed by atoms with van der Waals surface area (Å²) in [6, 6.07) is 2.07. The molecule has 2 amide bonds. The van der Waals surface area contributed by atoms with Crippen molar-refractivity contribution >= 4 is 11.8 Å². The molecule has 24 heavy (non-hydrogen) atoms. The molecule has 3 heterocycles. The molecule has 3 rings (SSSR count). The average molecular weight is 334 g/mol. The Labute approximate surface area is 142 Å². The van der Waals surface area contributed by atoms with Gasteiger partial charge < -0.3 is 14.3 Å². The van der Waals surface area contributed by atoms with Gasteiger partial charge >= 0.3 is 0 Å². The second kappa shape index (κ2) is 7.79. The molecule has 1 aromatic heterocycles. The Morgan fingerprint density at radius 2 is 1.96 bits per heavy atom. The Morgan fingerprint density at radius 1 is 1.17 bits per heavy atom. The maximum Gasteiger partial charge on any atom is 0.236 e. The minimum atomic E-state index is 0.0690. The number of piperazine rings is 1. The van der Waals surface area contributed by atoms with Crippen LogP contribution in [0.2, 0.25) is 0 Å². The van der Waals surface area contributed by atoms with Crippen LogP contribution in [0.15, 0.2) is 16.9 Å². The normalized spacial score (nSPS) is 22.6. The number of aromatic nitrogens is 1. The number of hydrogen-bond donors (Lipinski definition) is 0. The van der Waals surface area contributed by atoms with E-state index in [1.54, 1.807) is 6.07 Å². The van der Waals surface area contributed by atoms with Crippen molar-refractivity contribution in [3.8, 4) is 0 Å². The van der Waals surface area contributed by atoms with Gasteiger partial charge in [-0.15, -0.1) is 0 Å². The second-order valence-electron chi connectivity index (χ2n) is 6.76. The van der Waals surface area contributed by atoms with Crippen molar-refractivity contribution in [3.63, 3.8) is 0 Å². The summed E-state index contributed by atoms with van der Waals surface area (Å²) in [6.45, 7) is 6.32. The van der Waals surface area contributed by atoms with E-state index in [0.29, 0.717) is 31.4 Å². The fraction of sp³-hybridized carbons (Fsp3) is 0.706. The van der Waals surface area contributed by atoms with Gasteiger partial charge in [0.05, 0.1) is 18.7 Å². The van der Waals surface area contributed by atoms with Crippen molar-refractivity contribution in [2.24, 2.45) is 0 Å². The molecule has 0 radical (unpaired) electrons. The van der Waals surface area contributed by atoms with E-state index in [9.17, 15) is 9.59 Å². The summed E-state index contributed by atoms with van der Waals surface area (Å²) in [5.41, 5.74) is 0.664. The van der Waals surface area contributed by atoms with E-state index in [0.717, 1.165) is 32.5 Å². The van der Waals surface area contributed by atoms with Crippen LogP contribution in [0.25, 0.3) is 0 Å². The standard InChI is InChI=1S/C17H26N4O3/c1-14-4-2-3-6-21(14)17(23)13-19-7-9-20(10-8-19)16(22)12-15-5-11-24-18-15/h5,11,14H,2-4,6-10,12-13H2,1H3/t14-/m1/s1. The zero-order chi connectivity index (χ0) is 16.9. The Bertz CT molecular complexity index is 552. The lowest BCUT2D eigenvalue weighted by molar-refractivity contribution is -0.137. The molecule has 1 atom stereocenters. The highest BCUT2D eigenvalue weighted by atomic mass is 16.5. The van der Waals surface area contributed by atoms with Crippen LogP contribution in [-0.2, 0) is 16.0 Å². The van der Waals surface area contributed by atoms with Gasteiger partial charge in [0.25, 0.3) is 0 Å². The molecule has 0 aromatic carbocycles. The molecule has 0 unspecified atom stereocenters. The van der Waals surface area contributed by atoms with Crippen molar-refractivity contribution in [1.29, 1.82) is 0 Å². The molecule has 7 heteroatoms. The zero-order valence-electron chi connectivity index (χ0n) is 14.3. The Hall–Kier alpha value is -1.89. The van der Waals surface area contributed by atoms with Gasteiger partial charge in [0.2, 0.25) is 11.8 Å². The Kier molecular flexibility index (Phi) is 5.50. The van der Waals surface area contributed by atoms with E-state index in [4.69, 9.17) is 4.52 Å². The molecule has 1 aromatic rings. The number of carbonyl (C=O) groups is 2. The van der Waals surface area contributed by atoms with E-state index in [1.807, 2.05) is 9.80 Å². The molecule has 0 bridgehead atoms. The molecule has 7 nitrogen and oxygen atoms in total. The van der Waals surface area contributed by atoms with Gasteiger partial charge in [-0.25, -0.2) is 0 Å². The minimum Gasteiger partial charge on any atom is -0.364 e. The molecule has 132 valence electrons. The van der Waals surface area contributed by atoms with Gasteiger partial charge in [-0.05, 0) is 26.2 Å². The smallest absolute Gasteiger partial charge is 0.236 e. The van der Waals surface area contributed by atoms with Crippen LogP contribution in [0.1, 0.15) is 31.9 Å². The van der Waals surface area contributed by atoms with E-state index in [1.165, 1.54) is 12.7 Å². The summed E-state index contributed by atoms with van der Waals surface area (Å²) in [7, 11) is 0. The van der Waals surface area contributed by atoms with Crippen LogP contribution in [0.4, 0.5) is 0 Å². The van der Waals surface area contributed by atoms with Crippen molar-refractivity contribution in [1.82, 2.24) is 19.9 Å². The second-order valence-corrected chi connectivity index (χ2v) is 6.76. The first-order chi connectivity index (χ1) is 11.6. The molecule has 2 aliphatic rings. The summed E-state index contributed by atoms with van der Waals surface area (Å²) in [4.78, 5) is 30.7. The first kappa shape index (κ1) is 17.0. The van der Waals surface area contributed by atoms with Crippen LogP contribution in [0, 0.1) is 0 Å². The molecule has 0 aliphatic carbocycles. The van der Waals surface area contributed by atoms with Crippen LogP contribution >= 0.6 is 0 Å². The highest BCUT2D eigenvalue weighted by molar-refractivity contribution is 5.79. The van der Waals surface area contributed by atoms with Gasteiger partial charge in [0.15, 0.2) is 0 Å². The predicted molar refractivity (Wildman–Crippen MR) is 88.3 cm³/mol. The van der Waals surface area contributed by atoms with Crippen molar-refractivity contribution in [3.05, 3.63) is 18.0 Å². The van der Waals surface area contributed by atoms with Gasteiger partial charge in [-0.3, -0.25) is 14.5 Å². The topological polar surface area (TPSA) is 69.9 Å². The largest absolute Gasteiger partial charge is 0.364 e. The SMILES string of the molecule is C[C@@H]1CCCCN1C(=O)CN1CCN(C(=O)Cc2ccon2)CC1. The third-order valence-electron chi connectivity index (χ3n) is 5.03. The van der Waals surface area contributed by atoms with Gasteiger partial charge in [-0.2, -0.15) is 0 Å². The summed E-state index contributed by atoms with van der Waals surface area (Å²) < 4.78 is 4.76. The van der Waals surface area contributed by atoms with Crippen LogP contribution in [-0.4, -0.2) is 77.0 Å². The lowest BCUT2D eigenvalue weighted by atomic mass is 10.0. The first-order valence-corrected chi connectivity index (χ1v) is 8.82. The van der Waals surface area contributed by atoms with E-state index in [-0.39, 0.29) is 18.2 Å². The van der Waals surface area contributed by atoms with Crippen molar-refractivity contribution < 1.29 is 14.1 Å². The van der Waals surface area contributed by atoms with Gasteiger partial charge in [0, 0.05) is 44.8 Å². The predicted octanol–water partition coefficient (Wildman–Crippen LogP) is 0.762. The number of amides is 2. The molecule has 2 fully saturated rings. The third kappa shape index (κ3) is 4.14. The van der Waals surface area contributed by atoms with Crippen LogP contribution < -0.4 is 0 Å². The average Bonchev–Trinajstić information content (AvgIpc) is 3.08. The van der Waals surface area contributed by atoms with Crippen molar-refractivity contribution in [2.45, 2.75) is 38.6 Å². The number of hydrogen-bond acceptors (Lipinski definition) is 5. The maximum atomic E-state index is 12.5. The highest BCUT2D eigenvalue weighted by Gasteiger charge is 2.27. The summed E-state index contributed by atoms with van der Waals surface area (Å²) in [5, 5.41) is 3.78. The lowest BCUT2D eigenvalue weighted by Crippen LogP contribution is -2.53. The zero-order valence-corrected chi connectivity index (χ0v) is 14.3. The van der Waals surface area contributed by atoms with E-state index in [2.05, 4.69) is 17.0 Å². The third-order valence-corrected chi connectivity index (χ3v) is 5.03. The monoisotopic (exact) mass is 334 g/mol. The molecule has 2 saturated heterocycles. The number of likely N-dealkylation sites (tertiary alicyclic amines) is 1. The van der Waals surface area contributed by atoms with E-state index < -0.39 is 0 Å². The quantitative estimate of drug-likeness (QED) is 0.813. The summed E-state index contributed by atoms with van der Waals surface area (Å²) >= 11 is 0. The van der Waals surface area contributed by atoms with Gasteiger partial charge in [-0.1, -0.05) is 5.16 Å². The fourth-order valence-corrected chi connectivity index (χ4v) is 3.50.